The Hall–Kier alpha value is -2.21. The van der Waals surface area contributed by atoms with Gasteiger partial charge >= 0.3 is 0 Å². The minimum Gasteiger partial charge on any atom is -0.412 e. The molecule has 0 fully saturated rings. The lowest BCUT2D eigenvalue weighted by molar-refractivity contribution is 0.823. The van der Waals surface area contributed by atoms with E-state index in [2.05, 4.69) is 15.0 Å². The molecule has 146 valence electrons. The van der Waals surface area contributed by atoms with Gasteiger partial charge in [0, 0.05) is 24.2 Å². The molecular weight excluding hydrogens is 389 g/mol. The lowest BCUT2D eigenvalue weighted by Crippen LogP contribution is -1.93. The van der Waals surface area contributed by atoms with Gasteiger partial charge in [0.05, 0.1) is 21.4 Å². The largest absolute Gasteiger partial charge is 0.412 e. The summed E-state index contributed by atoms with van der Waals surface area (Å²) in [4.78, 5) is 13.0. The summed E-state index contributed by atoms with van der Waals surface area (Å²) in [7, 11) is 0. The molecule has 3 heterocycles. The molecule has 0 aliphatic heterocycles. The third-order valence-corrected chi connectivity index (χ3v) is 3.61. The second kappa shape index (κ2) is 14.0. The van der Waals surface area contributed by atoms with E-state index in [9.17, 15) is 0 Å². The first kappa shape index (κ1) is 31.5. The average molecular weight is 410 g/mol. The van der Waals surface area contributed by atoms with Gasteiger partial charge in [-0.05, 0) is 30.3 Å². The van der Waals surface area contributed by atoms with Crippen molar-refractivity contribution in [2.75, 3.05) is 0 Å². The van der Waals surface area contributed by atoms with Crippen LogP contribution >= 0.6 is 23.2 Å². The second-order valence-electron chi connectivity index (χ2n) is 4.07. The lowest BCUT2D eigenvalue weighted by Gasteiger charge is -2.09. The molecule has 0 unspecified atom stereocenters. The molecule has 0 aromatic carbocycles. The minimum atomic E-state index is 0. The van der Waals surface area contributed by atoms with Gasteiger partial charge in [0.1, 0.15) is 5.69 Å². The number of halogens is 2. The van der Waals surface area contributed by atoms with Crippen LogP contribution in [0, 0.1) is 0 Å². The van der Waals surface area contributed by atoms with Crippen LogP contribution in [0.2, 0.25) is 10.0 Å². The molecule has 3 rings (SSSR count). The zero-order chi connectivity index (χ0) is 13.9. The number of hydrogen-bond donors (Lipinski definition) is 0. The predicted octanol–water partition coefficient (Wildman–Crippen LogP) is -0.436. The summed E-state index contributed by atoms with van der Waals surface area (Å²) < 4.78 is 0. The topological polar surface area (TPSA) is 228 Å². The van der Waals surface area contributed by atoms with Crippen LogP contribution in [0.15, 0.2) is 55.0 Å². The zero-order valence-corrected chi connectivity index (χ0v) is 14.8. The molecule has 26 heavy (non-hydrogen) atoms. The fourth-order valence-electron chi connectivity index (χ4n) is 1.91. The minimum absolute atomic E-state index is 0. The summed E-state index contributed by atoms with van der Waals surface area (Å²) >= 11 is 12.3. The highest BCUT2D eigenvalue weighted by molar-refractivity contribution is 6.43. The van der Waals surface area contributed by atoms with Gasteiger partial charge in [-0.2, -0.15) is 0 Å². The first-order valence-corrected chi connectivity index (χ1v) is 6.70. The van der Waals surface area contributed by atoms with Crippen LogP contribution in [-0.4, -0.2) is 47.8 Å². The van der Waals surface area contributed by atoms with E-state index < -0.39 is 0 Å². The highest BCUT2D eigenvalue weighted by atomic mass is 35.5. The molecule has 0 amide bonds. The van der Waals surface area contributed by atoms with Crippen LogP contribution in [0.4, 0.5) is 0 Å². The van der Waals surface area contributed by atoms with Gasteiger partial charge in [-0.15, -0.1) is 0 Å². The molecule has 0 aliphatic rings. The third-order valence-electron chi connectivity index (χ3n) is 2.81. The molecule has 11 heteroatoms. The van der Waals surface area contributed by atoms with E-state index in [0.29, 0.717) is 21.4 Å². The van der Waals surface area contributed by atoms with Crippen molar-refractivity contribution in [2.45, 2.75) is 0 Å². The van der Waals surface area contributed by atoms with E-state index in [0.717, 1.165) is 11.3 Å². The molecule has 0 bridgehead atoms. The van der Waals surface area contributed by atoms with Crippen LogP contribution in [0.25, 0.3) is 22.6 Å². The maximum absolute atomic E-state index is 6.23. The molecule has 12 N–H and O–H groups in total. The quantitative estimate of drug-likeness (QED) is 0.547. The van der Waals surface area contributed by atoms with Crippen molar-refractivity contribution >= 4 is 23.2 Å². The molecule has 0 saturated heterocycles. The first-order chi connectivity index (χ1) is 9.77. The molecule has 0 spiro atoms. The Morgan fingerprint density at radius 1 is 0.577 bits per heavy atom. The van der Waals surface area contributed by atoms with Crippen molar-refractivity contribution in [3.8, 4) is 22.6 Å². The summed E-state index contributed by atoms with van der Waals surface area (Å²) in [5, 5.41) is 0.847. The molecule has 9 nitrogen and oxygen atoms in total. The highest BCUT2D eigenvalue weighted by Gasteiger charge is 2.15. The lowest BCUT2D eigenvalue weighted by atomic mass is 10.1. The van der Waals surface area contributed by atoms with Crippen LogP contribution in [-0.2, 0) is 0 Å². The second-order valence-corrected chi connectivity index (χ2v) is 4.86. The molecule has 3 aromatic heterocycles. The fourth-order valence-corrected chi connectivity index (χ4v) is 2.26. The Balaban J connectivity index is -0.000000403. The number of hydrogen-bond acceptors (Lipinski definition) is 3. The Labute approximate surface area is 159 Å². The number of rotatable bonds is 2. The smallest absolute Gasteiger partial charge is 0.109 e. The van der Waals surface area contributed by atoms with Crippen molar-refractivity contribution in [3.05, 3.63) is 65.0 Å². The van der Waals surface area contributed by atoms with Crippen molar-refractivity contribution in [2.24, 2.45) is 0 Å². The van der Waals surface area contributed by atoms with E-state index in [1.807, 2.05) is 30.3 Å². The van der Waals surface area contributed by atoms with Gasteiger partial charge in [-0.1, -0.05) is 29.3 Å². The Morgan fingerprint density at radius 3 is 1.81 bits per heavy atom. The van der Waals surface area contributed by atoms with Crippen molar-refractivity contribution in [1.82, 2.24) is 15.0 Å². The molecule has 0 radical (unpaired) electrons. The average Bonchev–Trinajstić information content (AvgIpc) is 2.51. The van der Waals surface area contributed by atoms with E-state index in [-0.39, 0.29) is 32.9 Å². The van der Waals surface area contributed by atoms with Gasteiger partial charge in [-0.3, -0.25) is 15.0 Å². The van der Waals surface area contributed by atoms with Gasteiger partial charge in [0.2, 0.25) is 0 Å². The maximum atomic E-state index is 6.23. The molecule has 3 aromatic rings. The van der Waals surface area contributed by atoms with E-state index in [4.69, 9.17) is 23.2 Å². The first-order valence-electron chi connectivity index (χ1n) is 5.94. The summed E-state index contributed by atoms with van der Waals surface area (Å²) in [5.41, 5.74) is 2.90. The third kappa shape index (κ3) is 6.26. The standard InChI is InChI=1S/C15H9Cl2N3.6H2O/c16-11-6-9-20-15(13(11)17)14-10(4-3-8-19-14)12-5-1-2-7-18-12;;;;;;/h1-9H;6*1H2. The Kier molecular flexibility index (Phi) is 17.0. The van der Waals surface area contributed by atoms with Gasteiger partial charge in [0.25, 0.3) is 0 Å². The van der Waals surface area contributed by atoms with E-state index in [1.165, 1.54) is 0 Å². The highest BCUT2D eigenvalue weighted by Crippen LogP contribution is 2.35. The number of pyridine rings is 3. The molecule has 0 atom stereocenters. The Morgan fingerprint density at radius 2 is 1.19 bits per heavy atom. The SMILES string of the molecule is Clc1ccnc(-c2ncccc2-c2ccccn2)c1Cl.O.O.O.O.O.O. The van der Waals surface area contributed by atoms with Gasteiger partial charge in [0.15, 0.2) is 0 Å². The monoisotopic (exact) mass is 409 g/mol. The maximum Gasteiger partial charge on any atom is 0.109 e. The molecular formula is C15H21Cl2N3O6. The van der Waals surface area contributed by atoms with E-state index >= 15 is 0 Å². The molecule has 0 saturated carbocycles. The Bertz CT molecular complexity index is 765. The van der Waals surface area contributed by atoms with Gasteiger partial charge in [-0.25, -0.2) is 0 Å². The van der Waals surface area contributed by atoms with Gasteiger partial charge < -0.3 is 32.9 Å². The summed E-state index contributed by atoms with van der Waals surface area (Å²) in [6.07, 6.45) is 5.04. The van der Waals surface area contributed by atoms with Crippen LogP contribution < -0.4 is 0 Å². The zero-order valence-electron chi connectivity index (χ0n) is 13.3. The van der Waals surface area contributed by atoms with Crippen molar-refractivity contribution in [3.63, 3.8) is 0 Å². The number of aromatic nitrogens is 3. The van der Waals surface area contributed by atoms with Crippen LogP contribution in [0.1, 0.15) is 0 Å². The fraction of sp³-hybridized carbons (Fsp3) is 0. The van der Waals surface area contributed by atoms with Crippen molar-refractivity contribution < 1.29 is 32.9 Å². The van der Waals surface area contributed by atoms with E-state index in [1.54, 1.807) is 24.7 Å². The van der Waals surface area contributed by atoms with Crippen LogP contribution in [0.3, 0.4) is 0 Å². The summed E-state index contributed by atoms with van der Waals surface area (Å²) in [6, 6.07) is 11.1. The summed E-state index contributed by atoms with van der Waals surface area (Å²) in [5.74, 6) is 0. The van der Waals surface area contributed by atoms with Crippen LogP contribution in [0.5, 0.6) is 0 Å². The van der Waals surface area contributed by atoms with Crippen molar-refractivity contribution in [1.29, 1.82) is 0 Å². The predicted molar refractivity (Wildman–Crippen MR) is 102 cm³/mol. The molecule has 0 aliphatic carbocycles. The number of nitrogens with zero attached hydrogens (tertiary/aromatic N) is 3. The summed E-state index contributed by atoms with van der Waals surface area (Å²) in [6.45, 7) is 0. The normalized spacial score (nSPS) is 8.08.